The Balaban J connectivity index is 1.59. The zero-order valence-electron chi connectivity index (χ0n) is 16.5. The number of hydrogen-bond acceptors (Lipinski definition) is 5. The first kappa shape index (κ1) is 20.6. The quantitative estimate of drug-likeness (QED) is 0.457. The zero-order valence-corrected chi connectivity index (χ0v) is 17.3. The van der Waals surface area contributed by atoms with Crippen molar-refractivity contribution in [2.75, 3.05) is 46.5 Å². The van der Waals surface area contributed by atoms with Crippen molar-refractivity contribution in [1.29, 1.82) is 0 Å². The van der Waals surface area contributed by atoms with Crippen LogP contribution in [0.4, 0.5) is 0 Å². The molecule has 3 rings (SSSR count). The topological polar surface area (TPSA) is 72.4 Å². The molecule has 0 spiro atoms. The monoisotopic (exact) mass is 409 g/mol. The zero-order chi connectivity index (χ0) is 19.9. The standard InChI is InChI=1S/C20H28ClN3O4/c1-3-22-20(24-8-5-15(6-9-24)19(25)26-2)23-7-4-14-12-16(21)18-17(13-14)27-10-11-28-18/h12-13,15H,3-11H2,1-2H3,(H,22,23). The minimum absolute atomic E-state index is 0.0102. The minimum atomic E-state index is -0.114. The molecule has 0 amide bonds. The van der Waals surface area contributed by atoms with Crippen LogP contribution in [0.2, 0.25) is 5.02 Å². The number of methoxy groups -OCH3 is 1. The molecule has 1 saturated heterocycles. The number of hydrogen-bond donors (Lipinski definition) is 1. The number of nitrogens with one attached hydrogen (secondary N) is 1. The van der Waals surface area contributed by atoms with Gasteiger partial charge in [-0.05, 0) is 43.9 Å². The van der Waals surface area contributed by atoms with E-state index in [0.717, 1.165) is 50.4 Å². The van der Waals surface area contributed by atoms with Crippen LogP contribution in [0, 0.1) is 5.92 Å². The van der Waals surface area contributed by atoms with Crippen molar-refractivity contribution in [2.45, 2.75) is 26.2 Å². The number of halogens is 1. The Hall–Kier alpha value is -2.15. The molecule has 28 heavy (non-hydrogen) atoms. The second-order valence-electron chi connectivity index (χ2n) is 6.87. The van der Waals surface area contributed by atoms with Crippen molar-refractivity contribution in [1.82, 2.24) is 10.2 Å². The van der Waals surface area contributed by atoms with Crippen LogP contribution in [0.3, 0.4) is 0 Å². The fourth-order valence-corrected chi connectivity index (χ4v) is 3.81. The number of likely N-dealkylation sites (tertiary alicyclic amines) is 1. The Labute approximate surface area is 171 Å². The number of esters is 1. The van der Waals surface area contributed by atoms with Gasteiger partial charge in [0.15, 0.2) is 17.5 Å². The van der Waals surface area contributed by atoms with Crippen LogP contribution < -0.4 is 14.8 Å². The highest BCUT2D eigenvalue weighted by molar-refractivity contribution is 6.32. The van der Waals surface area contributed by atoms with Gasteiger partial charge in [-0.15, -0.1) is 0 Å². The van der Waals surface area contributed by atoms with E-state index in [9.17, 15) is 4.79 Å². The summed E-state index contributed by atoms with van der Waals surface area (Å²) in [7, 11) is 1.45. The maximum atomic E-state index is 11.7. The summed E-state index contributed by atoms with van der Waals surface area (Å²) in [6.45, 7) is 6.13. The third-order valence-corrected chi connectivity index (χ3v) is 5.26. The molecule has 7 nitrogen and oxygen atoms in total. The van der Waals surface area contributed by atoms with E-state index in [1.54, 1.807) is 0 Å². The van der Waals surface area contributed by atoms with Gasteiger partial charge in [0, 0.05) is 26.2 Å². The number of carbonyl (C=O) groups is 1. The first-order valence-corrected chi connectivity index (χ1v) is 10.2. The molecular formula is C20H28ClN3O4. The highest BCUT2D eigenvalue weighted by Crippen LogP contribution is 2.38. The van der Waals surface area contributed by atoms with Crippen LogP contribution in [0.1, 0.15) is 25.3 Å². The van der Waals surface area contributed by atoms with Crippen molar-refractivity contribution in [3.05, 3.63) is 22.7 Å². The average Bonchev–Trinajstić information content (AvgIpc) is 2.73. The van der Waals surface area contributed by atoms with Crippen LogP contribution in [0.5, 0.6) is 11.5 Å². The summed E-state index contributed by atoms with van der Waals surface area (Å²) in [4.78, 5) is 18.7. The Bertz CT molecular complexity index is 718. The van der Waals surface area contributed by atoms with Gasteiger partial charge in [-0.25, -0.2) is 0 Å². The van der Waals surface area contributed by atoms with Gasteiger partial charge in [0.25, 0.3) is 0 Å². The molecule has 1 aromatic carbocycles. The Morgan fingerprint density at radius 3 is 2.79 bits per heavy atom. The molecule has 0 bridgehead atoms. The molecule has 2 heterocycles. The lowest BCUT2D eigenvalue weighted by Gasteiger charge is -2.33. The van der Waals surface area contributed by atoms with Gasteiger partial charge in [0.05, 0.1) is 18.1 Å². The van der Waals surface area contributed by atoms with Crippen molar-refractivity contribution in [2.24, 2.45) is 10.9 Å². The number of piperidine rings is 1. The second kappa shape index (κ2) is 9.87. The first-order chi connectivity index (χ1) is 13.6. The van der Waals surface area contributed by atoms with E-state index >= 15 is 0 Å². The highest BCUT2D eigenvalue weighted by atomic mass is 35.5. The van der Waals surface area contributed by atoms with Crippen molar-refractivity contribution < 1.29 is 19.0 Å². The lowest BCUT2D eigenvalue weighted by Crippen LogP contribution is -2.46. The normalized spacial score (nSPS) is 17.4. The minimum Gasteiger partial charge on any atom is -0.486 e. The van der Waals surface area contributed by atoms with Crippen LogP contribution >= 0.6 is 11.6 Å². The number of rotatable bonds is 5. The van der Waals surface area contributed by atoms with Gasteiger partial charge >= 0.3 is 5.97 Å². The Kier molecular flexibility index (Phi) is 7.25. The lowest BCUT2D eigenvalue weighted by atomic mass is 9.97. The summed E-state index contributed by atoms with van der Waals surface area (Å²) < 4.78 is 16.1. The van der Waals surface area contributed by atoms with Crippen LogP contribution in [0.15, 0.2) is 17.1 Å². The van der Waals surface area contributed by atoms with E-state index in [1.165, 1.54) is 7.11 Å². The Morgan fingerprint density at radius 2 is 2.07 bits per heavy atom. The van der Waals surface area contributed by atoms with Crippen LogP contribution in [-0.4, -0.2) is 63.3 Å². The second-order valence-corrected chi connectivity index (χ2v) is 7.28. The van der Waals surface area contributed by atoms with E-state index in [-0.39, 0.29) is 11.9 Å². The van der Waals surface area contributed by atoms with Gasteiger partial charge in [-0.3, -0.25) is 9.79 Å². The van der Waals surface area contributed by atoms with E-state index in [0.29, 0.717) is 36.3 Å². The fraction of sp³-hybridized carbons (Fsp3) is 0.600. The van der Waals surface area contributed by atoms with Crippen molar-refractivity contribution in [3.8, 4) is 11.5 Å². The van der Waals surface area contributed by atoms with E-state index in [2.05, 4.69) is 17.1 Å². The molecule has 0 saturated carbocycles. The molecule has 2 aliphatic rings. The molecule has 2 aliphatic heterocycles. The largest absolute Gasteiger partial charge is 0.486 e. The summed E-state index contributed by atoms with van der Waals surface area (Å²) in [5, 5.41) is 3.92. The fourth-order valence-electron chi connectivity index (χ4n) is 3.52. The molecule has 0 radical (unpaired) electrons. The lowest BCUT2D eigenvalue weighted by molar-refractivity contribution is -0.146. The van der Waals surface area contributed by atoms with E-state index < -0.39 is 0 Å². The molecule has 1 fully saturated rings. The smallest absolute Gasteiger partial charge is 0.308 e. The summed E-state index contributed by atoms with van der Waals surface area (Å²) in [6.07, 6.45) is 2.33. The van der Waals surface area contributed by atoms with Gasteiger partial charge in [0.1, 0.15) is 13.2 Å². The molecule has 0 atom stereocenters. The first-order valence-electron chi connectivity index (χ1n) is 9.81. The number of ether oxygens (including phenoxy) is 3. The van der Waals surface area contributed by atoms with Gasteiger partial charge < -0.3 is 24.4 Å². The number of fused-ring (bicyclic) bond motifs is 1. The summed E-state index contributed by atoms with van der Waals surface area (Å²) in [6, 6.07) is 3.89. The number of nitrogens with zero attached hydrogens (tertiary/aromatic N) is 2. The highest BCUT2D eigenvalue weighted by Gasteiger charge is 2.27. The average molecular weight is 410 g/mol. The third-order valence-electron chi connectivity index (χ3n) is 4.98. The molecule has 8 heteroatoms. The number of benzene rings is 1. The number of guanidine groups is 1. The summed E-state index contributed by atoms with van der Waals surface area (Å²) in [5.74, 6) is 2.09. The maximum absolute atomic E-state index is 11.7. The van der Waals surface area contributed by atoms with Crippen LogP contribution in [-0.2, 0) is 16.0 Å². The number of aliphatic imine (C=N–C) groups is 1. The van der Waals surface area contributed by atoms with E-state index in [4.69, 9.17) is 30.8 Å². The summed E-state index contributed by atoms with van der Waals surface area (Å²) in [5.41, 5.74) is 1.07. The molecule has 1 aromatic rings. The molecule has 0 aliphatic carbocycles. The molecule has 0 aromatic heterocycles. The summed E-state index contributed by atoms with van der Waals surface area (Å²) >= 11 is 6.31. The van der Waals surface area contributed by atoms with Crippen molar-refractivity contribution >= 4 is 23.5 Å². The van der Waals surface area contributed by atoms with Crippen LogP contribution in [0.25, 0.3) is 0 Å². The SMILES string of the molecule is CCNC(=NCCc1cc(Cl)c2c(c1)OCCO2)N1CCC(C(=O)OC)CC1. The third kappa shape index (κ3) is 5.01. The number of carbonyl (C=O) groups excluding carboxylic acids is 1. The predicted octanol–water partition coefficient (Wildman–Crippen LogP) is 2.50. The molecular weight excluding hydrogens is 382 g/mol. The van der Waals surface area contributed by atoms with Gasteiger partial charge in [-0.1, -0.05) is 11.6 Å². The van der Waals surface area contributed by atoms with E-state index in [1.807, 2.05) is 12.1 Å². The van der Waals surface area contributed by atoms with Gasteiger partial charge in [0.2, 0.25) is 0 Å². The molecule has 1 N–H and O–H groups in total. The maximum Gasteiger partial charge on any atom is 0.308 e. The van der Waals surface area contributed by atoms with Gasteiger partial charge in [-0.2, -0.15) is 0 Å². The Morgan fingerprint density at radius 1 is 1.32 bits per heavy atom. The van der Waals surface area contributed by atoms with Crippen molar-refractivity contribution in [3.63, 3.8) is 0 Å². The predicted molar refractivity (Wildman–Crippen MR) is 108 cm³/mol. The molecule has 0 unspecified atom stereocenters. The molecule has 154 valence electrons.